The molecule has 0 fully saturated rings. The molecule has 1 amide bonds. The molecule has 3 rings (SSSR count). The lowest BCUT2D eigenvalue weighted by Crippen LogP contribution is -2.23. The normalized spacial score (nSPS) is 10.2. The van der Waals surface area contributed by atoms with Crippen LogP contribution in [0.2, 0.25) is 0 Å². The zero-order valence-corrected chi connectivity index (χ0v) is 13.9. The number of nitrogens with zero attached hydrogens (tertiary/aromatic N) is 2. The minimum atomic E-state index is -0.162. The van der Waals surface area contributed by atoms with Crippen LogP contribution in [0.4, 0.5) is 5.69 Å². The molecular formula is C20H20N4O. The summed E-state index contributed by atoms with van der Waals surface area (Å²) in [4.78, 5) is 20.6. The van der Waals surface area contributed by atoms with Gasteiger partial charge in [-0.25, -0.2) is 0 Å². The number of nitrogens with one attached hydrogen (secondary N) is 2. The molecule has 2 heterocycles. The maximum Gasteiger partial charge on any atom is 0.253 e. The molecule has 0 radical (unpaired) electrons. The highest BCUT2D eigenvalue weighted by atomic mass is 16.1. The average molecular weight is 332 g/mol. The van der Waals surface area contributed by atoms with Crippen LogP contribution in [0.1, 0.15) is 21.6 Å². The Morgan fingerprint density at radius 3 is 2.64 bits per heavy atom. The number of aromatic nitrogens is 2. The van der Waals surface area contributed by atoms with Crippen LogP contribution in [0.25, 0.3) is 0 Å². The number of benzene rings is 1. The number of carbonyl (C=O) groups excluding carboxylic acids is 1. The van der Waals surface area contributed by atoms with Gasteiger partial charge in [-0.15, -0.1) is 0 Å². The summed E-state index contributed by atoms with van der Waals surface area (Å²) < 4.78 is 0. The molecule has 3 aromatic rings. The van der Waals surface area contributed by atoms with E-state index in [-0.39, 0.29) is 5.91 Å². The lowest BCUT2D eigenvalue weighted by atomic mass is 10.1. The molecule has 0 aliphatic carbocycles. The van der Waals surface area contributed by atoms with Gasteiger partial charge in [-0.05, 0) is 30.2 Å². The molecule has 0 unspecified atom stereocenters. The third-order valence-electron chi connectivity index (χ3n) is 3.74. The molecule has 0 aliphatic heterocycles. The van der Waals surface area contributed by atoms with Crippen molar-refractivity contribution in [2.24, 2.45) is 0 Å². The predicted octanol–water partition coefficient (Wildman–Crippen LogP) is 3.06. The smallest absolute Gasteiger partial charge is 0.253 e. The van der Waals surface area contributed by atoms with E-state index < -0.39 is 0 Å². The second kappa shape index (κ2) is 8.59. The van der Waals surface area contributed by atoms with Crippen molar-refractivity contribution in [2.45, 2.75) is 13.0 Å². The molecule has 126 valence electrons. The Balaban J connectivity index is 1.52. The zero-order chi connectivity index (χ0) is 17.3. The first-order valence-corrected chi connectivity index (χ1v) is 8.22. The van der Waals surface area contributed by atoms with E-state index in [9.17, 15) is 4.79 Å². The van der Waals surface area contributed by atoms with Crippen LogP contribution in [-0.4, -0.2) is 22.4 Å². The van der Waals surface area contributed by atoms with Gasteiger partial charge in [0.25, 0.3) is 5.91 Å². The molecule has 0 spiro atoms. The van der Waals surface area contributed by atoms with E-state index in [0.29, 0.717) is 12.1 Å². The molecule has 2 aromatic heterocycles. The van der Waals surface area contributed by atoms with Gasteiger partial charge >= 0.3 is 0 Å². The van der Waals surface area contributed by atoms with Crippen molar-refractivity contribution in [1.29, 1.82) is 0 Å². The average Bonchev–Trinajstić information content (AvgIpc) is 2.68. The van der Waals surface area contributed by atoms with E-state index in [4.69, 9.17) is 0 Å². The Bertz CT molecular complexity index is 806. The molecule has 0 aliphatic rings. The molecular weight excluding hydrogens is 312 g/mol. The minimum Gasteiger partial charge on any atom is -0.383 e. The van der Waals surface area contributed by atoms with Crippen LogP contribution in [0.15, 0.2) is 73.2 Å². The maximum atomic E-state index is 12.3. The van der Waals surface area contributed by atoms with Gasteiger partial charge in [0.2, 0.25) is 0 Å². The summed E-state index contributed by atoms with van der Waals surface area (Å²) in [6, 6.07) is 17.7. The van der Waals surface area contributed by atoms with Crippen molar-refractivity contribution in [3.05, 3.63) is 90.0 Å². The molecule has 0 bridgehead atoms. The summed E-state index contributed by atoms with van der Waals surface area (Å²) in [7, 11) is 0. The van der Waals surface area contributed by atoms with Crippen LogP contribution in [0.3, 0.4) is 0 Å². The fraction of sp³-hybridized carbons (Fsp3) is 0.150. The third kappa shape index (κ3) is 5.14. The van der Waals surface area contributed by atoms with Crippen molar-refractivity contribution in [3.8, 4) is 0 Å². The van der Waals surface area contributed by atoms with E-state index >= 15 is 0 Å². The van der Waals surface area contributed by atoms with E-state index in [2.05, 4.69) is 32.7 Å². The molecule has 2 N–H and O–H groups in total. The van der Waals surface area contributed by atoms with Gasteiger partial charge < -0.3 is 10.6 Å². The first-order chi connectivity index (χ1) is 12.3. The molecule has 0 saturated carbocycles. The summed E-state index contributed by atoms with van der Waals surface area (Å²) in [5, 5.41) is 6.16. The fourth-order valence-corrected chi connectivity index (χ4v) is 2.43. The fourth-order valence-electron chi connectivity index (χ4n) is 2.43. The topological polar surface area (TPSA) is 66.9 Å². The van der Waals surface area contributed by atoms with E-state index in [1.54, 1.807) is 18.6 Å². The zero-order valence-electron chi connectivity index (χ0n) is 13.9. The van der Waals surface area contributed by atoms with Crippen LogP contribution in [-0.2, 0) is 13.0 Å². The molecule has 0 saturated heterocycles. The summed E-state index contributed by atoms with van der Waals surface area (Å²) >= 11 is 0. The van der Waals surface area contributed by atoms with Gasteiger partial charge in [-0.2, -0.15) is 0 Å². The second-order valence-electron chi connectivity index (χ2n) is 5.63. The summed E-state index contributed by atoms with van der Waals surface area (Å²) in [6.45, 7) is 1.18. The second-order valence-corrected chi connectivity index (χ2v) is 5.63. The van der Waals surface area contributed by atoms with E-state index in [1.165, 1.54) is 5.56 Å². The van der Waals surface area contributed by atoms with Crippen LogP contribution in [0.5, 0.6) is 0 Å². The van der Waals surface area contributed by atoms with Gasteiger partial charge in [0.05, 0.1) is 23.5 Å². The number of amides is 1. The Morgan fingerprint density at radius 1 is 1.00 bits per heavy atom. The molecule has 5 heteroatoms. The van der Waals surface area contributed by atoms with Gasteiger partial charge in [0.15, 0.2) is 0 Å². The van der Waals surface area contributed by atoms with Crippen molar-refractivity contribution in [3.63, 3.8) is 0 Å². The SMILES string of the molecule is O=C(NCc1ccccn1)c1cncc(NCCc2ccccc2)c1. The highest BCUT2D eigenvalue weighted by Crippen LogP contribution is 2.09. The summed E-state index contributed by atoms with van der Waals surface area (Å²) in [6.07, 6.45) is 5.91. The largest absolute Gasteiger partial charge is 0.383 e. The maximum absolute atomic E-state index is 12.3. The van der Waals surface area contributed by atoms with Gasteiger partial charge in [0.1, 0.15) is 0 Å². The van der Waals surface area contributed by atoms with Crippen LogP contribution in [0, 0.1) is 0 Å². The number of carbonyl (C=O) groups is 1. The number of anilines is 1. The highest BCUT2D eigenvalue weighted by molar-refractivity contribution is 5.94. The first-order valence-electron chi connectivity index (χ1n) is 8.22. The Morgan fingerprint density at radius 2 is 1.84 bits per heavy atom. The van der Waals surface area contributed by atoms with E-state index in [1.807, 2.05) is 42.5 Å². The van der Waals surface area contributed by atoms with Crippen molar-refractivity contribution in [2.75, 3.05) is 11.9 Å². The quantitative estimate of drug-likeness (QED) is 0.698. The monoisotopic (exact) mass is 332 g/mol. The summed E-state index contributed by atoms with van der Waals surface area (Å²) in [5.74, 6) is -0.162. The highest BCUT2D eigenvalue weighted by Gasteiger charge is 2.07. The molecule has 1 aromatic carbocycles. The lowest BCUT2D eigenvalue weighted by Gasteiger charge is -2.08. The summed E-state index contributed by atoms with van der Waals surface area (Å²) in [5.41, 5.74) is 3.45. The van der Waals surface area contributed by atoms with E-state index in [0.717, 1.165) is 24.3 Å². The minimum absolute atomic E-state index is 0.162. The third-order valence-corrected chi connectivity index (χ3v) is 3.74. The molecule has 25 heavy (non-hydrogen) atoms. The van der Waals surface area contributed by atoms with Gasteiger partial charge in [-0.3, -0.25) is 14.8 Å². The standard InChI is InChI=1S/C20H20N4O/c25-20(24-15-18-8-4-5-10-22-18)17-12-19(14-21-13-17)23-11-9-16-6-2-1-3-7-16/h1-8,10,12-14,23H,9,11,15H2,(H,24,25). The number of hydrogen-bond donors (Lipinski definition) is 2. The van der Waals surface area contributed by atoms with Crippen molar-refractivity contribution < 1.29 is 4.79 Å². The Hall–Kier alpha value is -3.21. The Labute approximate surface area is 147 Å². The van der Waals surface area contributed by atoms with Crippen LogP contribution < -0.4 is 10.6 Å². The molecule has 0 atom stereocenters. The van der Waals surface area contributed by atoms with Gasteiger partial charge in [0, 0.05) is 25.1 Å². The predicted molar refractivity (Wildman–Crippen MR) is 98.3 cm³/mol. The number of hydrogen-bond acceptors (Lipinski definition) is 4. The van der Waals surface area contributed by atoms with Crippen molar-refractivity contribution in [1.82, 2.24) is 15.3 Å². The molecule has 5 nitrogen and oxygen atoms in total. The first kappa shape index (κ1) is 16.6. The number of rotatable bonds is 7. The van der Waals surface area contributed by atoms with Crippen molar-refractivity contribution >= 4 is 11.6 Å². The number of pyridine rings is 2. The lowest BCUT2D eigenvalue weighted by molar-refractivity contribution is 0.0950. The van der Waals surface area contributed by atoms with Crippen LogP contribution >= 0.6 is 0 Å². The van der Waals surface area contributed by atoms with Gasteiger partial charge in [-0.1, -0.05) is 36.4 Å². The Kier molecular flexibility index (Phi) is 5.72.